The van der Waals surface area contributed by atoms with Crippen molar-refractivity contribution in [3.8, 4) is 0 Å². The van der Waals surface area contributed by atoms with Crippen LogP contribution in [0.15, 0.2) is 29.4 Å². The number of carbonyl (C=O) groups excluding carboxylic acids is 1. The monoisotopic (exact) mass is 277 g/mol. The highest BCUT2D eigenvalue weighted by molar-refractivity contribution is 8.00. The summed E-state index contributed by atoms with van der Waals surface area (Å²) >= 11 is 1.61. The summed E-state index contributed by atoms with van der Waals surface area (Å²) in [4.78, 5) is 19.7. The number of amides is 1. The lowest BCUT2D eigenvalue weighted by Crippen LogP contribution is -2.44. The smallest absolute Gasteiger partial charge is 0.233 e. The second-order valence-corrected chi connectivity index (χ2v) is 6.20. The molecule has 1 aliphatic carbocycles. The van der Waals surface area contributed by atoms with E-state index >= 15 is 0 Å². The molecule has 0 bridgehead atoms. The van der Waals surface area contributed by atoms with Gasteiger partial charge in [0.1, 0.15) is 0 Å². The Morgan fingerprint density at radius 1 is 1.32 bits per heavy atom. The van der Waals surface area contributed by atoms with Crippen molar-refractivity contribution in [1.82, 2.24) is 15.2 Å². The van der Waals surface area contributed by atoms with Gasteiger partial charge in [0.05, 0.1) is 5.75 Å². The lowest BCUT2D eigenvalue weighted by Gasteiger charge is -2.28. The largest absolute Gasteiger partial charge is 0.335 e. The van der Waals surface area contributed by atoms with Gasteiger partial charge in [-0.15, -0.1) is 11.8 Å². The van der Waals surface area contributed by atoms with Crippen LogP contribution in [0.4, 0.5) is 0 Å². The van der Waals surface area contributed by atoms with Crippen molar-refractivity contribution in [2.24, 2.45) is 0 Å². The zero-order chi connectivity index (χ0) is 13.1. The number of hydrogen-bond donors (Lipinski definition) is 1. The van der Waals surface area contributed by atoms with E-state index in [-0.39, 0.29) is 5.91 Å². The Morgan fingerprint density at radius 3 is 2.74 bits per heavy atom. The average molecular weight is 277 g/mol. The maximum absolute atomic E-state index is 12.4. The van der Waals surface area contributed by atoms with E-state index in [1.165, 1.54) is 12.8 Å². The third-order valence-corrected chi connectivity index (χ3v) is 4.66. The SMILES string of the molecule is O=C(CSc1ccncc1)N(C1CC1)C1CCNC1. The standard InChI is InChI=1S/C14H19N3OS/c18-14(10-19-13-4-7-15-8-5-13)17(11-1-2-11)12-3-6-16-9-12/h4-5,7-8,11-12,16H,1-3,6,9-10H2. The second-order valence-electron chi connectivity index (χ2n) is 5.15. The van der Waals surface area contributed by atoms with Gasteiger partial charge in [-0.25, -0.2) is 0 Å². The molecule has 2 heterocycles. The fourth-order valence-corrected chi connectivity index (χ4v) is 3.34. The molecular formula is C14H19N3OS. The van der Waals surface area contributed by atoms with Gasteiger partial charge in [-0.05, 0) is 37.9 Å². The molecular weight excluding hydrogens is 258 g/mol. The number of aromatic nitrogens is 1. The van der Waals surface area contributed by atoms with Crippen LogP contribution in [-0.2, 0) is 4.79 Å². The van der Waals surface area contributed by atoms with Crippen LogP contribution in [0.25, 0.3) is 0 Å². The first kappa shape index (κ1) is 12.9. The molecule has 0 radical (unpaired) electrons. The van der Waals surface area contributed by atoms with Crippen LogP contribution >= 0.6 is 11.8 Å². The predicted octanol–water partition coefficient (Wildman–Crippen LogP) is 1.53. The second kappa shape index (κ2) is 5.92. The minimum Gasteiger partial charge on any atom is -0.335 e. The fraction of sp³-hybridized carbons (Fsp3) is 0.571. The normalized spacial score (nSPS) is 22.4. The van der Waals surface area contributed by atoms with E-state index < -0.39 is 0 Å². The van der Waals surface area contributed by atoms with Gasteiger partial charge in [0, 0.05) is 35.9 Å². The summed E-state index contributed by atoms with van der Waals surface area (Å²) in [5, 5.41) is 3.36. The van der Waals surface area contributed by atoms with Gasteiger partial charge in [-0.2, -0.15) is 0 Å². The summed E-state index contributed by atoms with van der Waals surface area (Å²) in [6.45, 7) is 2.00. The molecule has 1 unspecified atom stereocenters. The Hall–Kier alpha value is -1.07. The minimum atomic E-state index is 0.290. The zero-order valence-electron chi connectivity index (χ0n) is 10.9. The number of rotatable bonds is 5. The molecule has 0 spiro atoms. The Labute approximate surface area is 118 Å². The number of nitrogens with zero attached hydrogens (tertiary/aromatic N) is 2. The molecule has 1 saturated carbocycles. The van der Waals surface area contributed by atoms with Crippen LogP contribution in [-0.4, -0.2) is 46.7 Å². The van der Waals surface area contributed by atoms with Gasteiger partial charge in [-0.1, -0.05) is 0 Å². The molecule has 0 aromatic carbocycles. The zero-order valence-corrected chi connectivity index (χ0v) is 11.7. The predicted molar refractivity (Wildman–Crippen MR) is 76.1 cm³/mol. The van der Waals surface area contributed by atoms with Crippen LogP contribution < -0.4 is 5.32 Å². The highest BCUT2D eigenvalue weighted by atomic mass is 32.2. The van der Waals surface area contributed by atoms with E-state index in [4.69, 9.17) is 0 Å². The van der Waals surface area contributed by atoms with Crippen molar-refractivity contribution >= 4 is 17.7 Å². The summed E-state index contributed by atoms with van der Waals surface area (Å²) in [5.41, 5.74) is 0. The molecule has 2 fully saturated rings. The molecule has 1 amide bonds. The maximum Gasteiger partial charge on any atom is 0.233 e. The molecule has 4 nitrogen and oxygen atoms in total. The highest BCUT2D eigenvalue weighted by Crippen LogP contribution is 2.31. The average Bonchev–Trinajstić information content (AvgIpc) is 3.12. The van der Waals surface area contributed by atoms with E-state index in [0.717, 1.165) is 24.4 Å². The lowest BCUT2D eigenvalue weighted by molar-refractivity contribution is -0.130. The Bertz CT molecular complexity index is 430. The summed E-state index contributed by atoms with van der Waals surface area (Å²) in [6.07, 6.45) is 7.01. The molecule has 1 aromatic heterocycles. The number of nitrogens with one attached hydrogen (secondary N) is 1. The fourth-order valence-electron chi connectivity index (χ4n) is 2.59. The molecule has 2 aliphatic rings. The van der Waals surface area contributed by atoms with Gasteiger partial charge in [0.2, 0.25) is 5.91 Å². The van der Waals surface area contributed by atoms with Gasteiger partial charge in [0.25, 0.3) is 0 Å². The quantitative estimate of drug-likeness (QED) is 0.829. The molecule has 3 rings (SSSR count). The number of hydrogen-bond acceptors (Lipinski definition) is 4. The van der Waals surface area contributed by atoms with Crippen LogP contribution in [0.1, 0.15) is 19.3 Å². The Balaban J connectivity index is 1.58. The summed E-state index contributed by atoms with van der Waals surface area (Å²) < 4.78 is 0. The molecule has 1 N–H and O–H groups in total. The van der Waals surface area contributed by atoms with Crippen molar-refractivity contribution < 1.29 is 4.79 Å². The van der Waals surface area contributed by atoms with Crippen LogP contribution in [0.5, 0.6) is 0 Å². The van der Waals surface area contributed by atoms with Crippen LogP contribution in [0.2, 0.25) is 0 Å². The lowest BCUT2D eigenvalue weighted by atomic mass is 10.2. The van der Waals surface area contributed by atoms with E-state index in [9.17, 15) is 4.79 Å². The van der Waals surface area contributed by atoms with E-state index in [0.29, 0.717) is 17.8 Å². The first-order valence-electron chi connectivity index (χ1n) is 6.89. The van der Waals surface area contributed by atoms with Gasteiger partial charge >= 0.3 is 0 Å². The van der Waals surface area contributed by atoms with Crippen molar-refractivity contribution in [2.75, 3.05) is 18.8 Å². The highest BCUT2D eigenvalue weighted by Gasteiger charge is 2.37. The molecule has 5 heteroatoms. The van der Waals surface area contributed by atoms with Crippen molar-refractivity contribution in [2.45, 2.75) is 36.2 Å². The molecule has 1 aliphatic heterocycles. The van der Waals surface area contributed by atoms with Crippen molar-refractivity contribution in [1.29, 1.82) is 0 Å². The molecule has 102 valence electrons. The van der Waals surface area contributed by atoms with Crippen molar-refractivity contribution in [3.63, 3.8) is 0 Å². The van der Waals surface area contributed by atoms with Crippen LogP contribution in [0, 0.1) is 0 Å². The van der Waals surface area contributed by atoms with Crippen LogP contribution in [0.3, 0.4) is 0 Å². The molecule has 1 saturated heterocycles. The van der Waals surface area contributed by atoms with Gasteiger partial charge < -0.3 is 10.2 Å². The summed E-state index contributed by atoms with van der Waals surface area (Å²) in [7, 11) is 0. The molecule has 1 aromatic rings. The first-order chi connectivity index (χ1) is 9.34. The van der Waals surface area contributed by atoms with E-state index in [1.807, 2.05) is 12.1 Å². The van der Waals surface area contributed by atoms with E-state index in [2.05, 4.69) is 15.2 Å². The first-order valence-corrected chi connectivity index (χ1v) is 7.88. The topological polar surface area (TPSA) is 45.2 Å². The van der Waals surface area contributed by atoms with E-state index in [1.54, 1.807) is 24.2 Å². The minimum absolute atomic E-state index is 0.290. The van der Waals surface area contributed by atoms with Gasteiger partial charge in [-0.3, -0.25) is 9.78 Å². The number of carbonyl (C=O) groups is 1. The van der Waals surface area contributed by atoms with Gasteiger partial charge in [0.15, 0.2) is 0 Å². The molecule has 19 heavy (non-hydrogen) atoms. The summed E-state index contributed by atoms with van der Waals surface area (Å²) in [5.74, 6) is 0.829. The third-order valence-electron chi connectivity index (χ3n) is 3.67. The summed E-state index contributed by atoms with van der Waals surface area (Å²) in [6, 6.07) is 4.83. The third kappa shape index (κ3) is 3.28. The molecule has 1 atom stereocenters. The maximum atomic E-state index is 12.4. The Morgan fingerprint density at radius 2 is 2.11 bits per heavy atom. The Kier molecular flexibility index (Phi) is 4.03. The number of thioether (sulfide) groups is 1. The van der Waals surface area contributed by atoms with Crippen molar-refractivity contribution in [3.05, 3.63) is 24.5 Å². The number of pyridine rings is 1.